The van der Waals surface area contributed by atoms with Crippen molar-refractivity contribution in [3.63, 3.8) is 0 Å². The van der Waals surface area contributed by atoms with E-state index in [9.17, 15) is 0 Å². The lowest BCUT2D eigenvalue weighted by Crippen LogP contribution is -2.36. The van der Waals surface area contributed by atoms with Crippen molar-refractivity contribution in [3.05, 3.63) is 29.8 Å². The van der Waals surface area contributed by atoms with Gasteiger partial charge in [-0.15, -0.1) is 0 Å². The van der Waals surface area contributed by atoms with E-state index >= 15 is 0 Å². The summed E-state index contributed by atoms with van der Waals surface area (Å²) in [6.07, 6.45) is 1.34. The van der Waals surface area contributed by atoms with Gasteiger partial charge < -0.3 is 9.64 Å². The minimum atomic E-state index is 0.448. The SMILES string of the molecule is C[C@H]1C[C@]1(C)c1ccc(N2CCOCC2)cc1. The molecule has 2 atom stereocenters. The Morgan fingerprint density at radius 2 is 1.76 bits per heavy atom. The lowest BCUT2D eigenvalue weighted by atomic mass is 9.95. The van der Waals surface area contributed by atoms with Crippen LogP contribution in [0, 0.1) is 5.92 Å². The highest BCUT2D eigenvalue weighted by atomic mass is 16.5. The van der Waals surface area contributed by atoms with Gasteiger partial charge in [-0.2, -0.15) is 0 Å². The van der Waals surface area contributed by atoms with Crippen molar-refractivity contribution < 1.29 is 4.74 Å². The van der Waals surface area contributed by atoms with Crippen LogP contribution in [0.5, 0.6) is 0 Å². The Morgan fingerprint density at radius 3 is 2.29 bits per heavy atom. The monoisotopic (exact) mass is 231 g/mol. The average molecular weight is 231 g/mol. The maximum Gasteiger partial charge on any atom is 0.0642 e. The zero-order chi connectivity index (χ0) is 11.9. The van der Waals surface area contributed by atoms with Crippen LogP contribution >= 0.6 is 0 Å². The second-order valence-electron chi connectivity index (χ2n) is 5.67. The molecular weight excluding hydrogens is 210 g/mol. The molecule has 0 amide bonds. The van der Waals surface area contributed by atoms with Crippen LogP contribution < -0.4 is 4.90 Å². The van der Waals surface area contributed by atoms with Crippen LogP contribution in [0.4, 0.5) is 5.69 Å². The third kappa shape index (κ3) is 1.95. The third-order valence-electron chi connectivity index (χ3n) is 4.56. The first-order valence-corrected chi connectivity index (χ1v) is 6.63. The van der Waals surface area contributed by atoms with E-state index in [1.165, 1.54) is 17.7 Å². The first-order chi connectivity index (χ1) is 8.20. The van der Waals surface area contributed by atoms with Crippen LogP contribution in [0.2, 0.25) is 0 Å². The van der Waals surface area contributed by atoms with Gasteiger partial charge in [-0.05, 0) is 35.4 Å². The fourth-order valence-corrected chi connectivity index (χ4v) is 2.85. The molecule has 0 N–H and O–H groups in total. The quantitative estimate of drug-likeness (QED) is 0.776. The van der Waals surface area contributed by atoms with Crippen LogP contribution in [-0.4, -0.2) is 26.3 Å². The fourth-order valence-electron chi connectivity index (χ4n) is 2.85. The van der Waals surface area contributed by atoms with Gasteiger partial charge in [0.05, 0.1) is 13.2 Å². The molecule has 1 aliphatic carbocycles. The zero-order valence-electron chi connectivity index (χ0n) is 10.8. The van der Waals surface area contributed by atoms with Crippen molar-refractivity contribution in [2.24, 2.45) is 5.92 Å². The highest BCUT2D eigenvalue weighted by molar-refractivity contribution is 5.50. The first kappa shape index (κ1) is 11.1. The second-order valence-corrected chi connectivity index (χ2v) is 5.67. The Balaban J connectivity index is 1.76. The molecule has 1 aromatic carbocycles. The van der Waals surface area contributed by atoms with Gasteiger partial charge >= 0.3 is 0 Å². The second kappa shape index (κ2) is 4.02. The van der Waals surface area contributed by atoms with Gasteiger partial charge in [0.2, 0.25) is 0 Å². The molecule has 17 heavy (non-hydrogen) atoms. The van der Waals surface area contributed by atoms with Gasteiger partial charge in [0.25, 0.3) is 0 Å². The smallest absolute Gasteiger partial charge is 0.0642 e. The Hall–Kier alpha value is -1.02. The highest BCUT2D eigenvalue weighted by Crippen LogP contribution is 2.53. The van der Waals surface area contributed by atoms with Gasteiger partial charge in [-0.3, -0.25) is 0 Å². The summed E-state index contributed by atoms with van der Waals surface area (Å²) in [6.45, 7) is 8.48. The van der Waals surface area contributed by atoms with E-state index in [2.05, 4.69) is 43.0 Å². The van der Waals surface area contributed by atoms with E-state index < -0.39 is 0 Å². The Labute approximate surface area is 104 Å². The van der Waals surface area contributed by atoms with Crippen LogP contribution in [0.3, 0.4) is 0 Å². The van der Waals surface area contributed by atoms with E-state index in [0.717, 1.165) is 32.2 Å². The number of hydrogen-bond acceptors (Lipinski definition) is 2. The number of anilines is 1. The molecule has 2 heteroatoms. The Kier molecular flexibility index (Phi) is 2.62. The molecule has 1 heterocycles. The molecule has 1 aromatic rings. The summed E-state index contributed by atoms with van der Waals surface area (Å²) in [7, 11) is 0. The van der Waals surface area contributed by atoms with E-state index in [1.54, 1.807) is 0 Å². The average Bonchev–Trinajstić information content (AvgIpc) is 3.00. The Morgan fingerprint density at radius 1 is 1.18 bits per heavy atom. The standard InChI is InChI=1S/C15H21NO/c1-12-11-15(12,2)13-3-5-14(6-4-13)16-7-9-17-10-8-16/h3-6,12H,7-11H2,1-2H3/t12-,15-/m0/s1. The minimum absolute atomic E-state index is 0.448. The largest absolute Gasteiger partial charge is 0.378 e. The number of nitrogens with zero attached hydrogens (tertiary/aromatic N) is 1. The van der Waals surface area contributed by atoms with Crippen molar-refractivity contribution in [2.45, 2.75) is 25.7 Å². The molecule has 1 aliphatic heterocycles. The number of hydrogen-bond donors (Lipinski definition) is 0. The van der Waals surface area contributed by atoms with Gasteiger partial charge in [-0.25, -0.2) is 0 Å². The number of ether oxygens (including phenoxy) is 1. The molecular formula is C15H21NO. The molecule has 0 bridgehead atoms. The maximum absolute atomic E-state index is 5.38. The van der Waals surface area contributed by atoms with Gasteiger partial charge in [0.1, 0.15) is 0 Å². The maximum atomic E-state index is 5.38. The summed E-state index contributed by atoms with van der Waals surface area (Å²) < 4.78 is 5.38. The van der Waals surface area contributed by atoms with Crippen molar-refractivity contribution in [2.75, 3.05) is 31.2 Å². The van der Waals surface area contributed by atoms with Crippen molar-refractivity contribution in [3.8, 4) is 0 Å². The molecule has 1 saturated heterocycles. The molecule has 1 saturated carbocycles. The normalized spacial score (nSPS) is 32.6. The lowest BCUT2D eigenvalue weighted by molar-refractivity contribution is 0.122. The molecule has 3 rings (SSSR count). The van der Waals surface area contributed by atoms with Crippen molar-refractivity contribution in [1.82, 2.24) is 0 Å². The topological polar surface area (TPSA) is 12.5 Å². The molecule has 0 radical (unpaired) electrons. The van der Waals surface area contributed by atoms with Crippen LogP contribution in [0.25, 0.3) is 0 Å². The van der Waals surface area contributed by atoms with Crippen molar-refractivity contribution in [1.29, 1.82) is 0 Å². The first-order valence-electron chi connectivity index (χ1n) is 6.63. The van der Waals surface area contributed by atoms with Crippen LogP contribution in [-0.2, 0) is 10.2 Å². The van der Waals surface area contributed by atoms with Gasteiger partial charge in [0, 0.05) is 18.8 Å². The van der Waals surface area contributed by atoms with Gasteiger partial charge in [0.15, 0.2) is 0 Å². The summed E-state index contributed by atoms with van der Waals surface area (Å²) in [5.74, 6) is 0.844. The van der Waals surface area contributed by atoms with Gasteiger partial charge in [-0.1, -0.05) is 26.0 Å². The fraction of sp³-hybridized carbons (Fsp3) is 0.600. The predicted octanol–water partition coefficient (Wildman–Crippen LogP) is 2.82. The molecule has 92 valence electrons. The predicted molar refractivity (Wildman–Crippen MR) is 70.6 cm³/mol. The summed E-state index contributed by atoms with van der Waals surface area (Å²) in [5, 5.41) is 0. The Bertz CT molecular complexity index is 394. The summed E-state index contributed by atoms with van der Waals surface area (Å²) in [6, 6.07) is 9.18. The van der Waals surface area contributed by atoms with Crippen LogP contribution in [0.1, 0.15) is 25.8 Å². The summed E-state index contributed by atoms with van der Waals surface area (Å²) in [4.78, 5) is 2.41. The van der Waals surface area contributed by atoms with E-state index in [0.29, 0.717) is 5.41 Å². The van der Waals surface area contributed by atoms with Crippen molar-refractivity contribution >= 4 is 5.69 Å². The zero-order valence-corrected chi connectivity index (χ0v) is 10.8. The molecule has 2 fully saturated rings. The molecule has 0 spiro atoms. The minimum Gasteiger partial charge on any atom is -0.378 e. The number of benzene rings is 1. The number of morpholine rings is 1. The summed E-state index contributed by atoms with van der Waals surface area (Å²) in [5.41, 5.74) is 3.29. The lowest BCUT2D eigenvalue weighted by Gasteiger charge is -2.29. The van der Waals surface area contributed by atoms with Crippen LogP contribution in [0.15, 0.2) is 24.3 Å². The van der Waals surface area contributed by atoms with E-state index in [4.69, 9.17) is 4.74 Å². The molecule has 0 aromatic heterocycles. The molecule has 0 unspecified atom stereocenters. The molecule has 2 nitrogen and oxygen atoms in total. The third-order valence-corrected chi connectivity index (χ3v) is 4.56. The number of rotatable bonds is 2. The molecule has 2 aliphatic rings. The summed E-state index contributed by atoms with van der Waals surface area (Å²) >= 11 is 0. The van der Waals surface area contributed by atoms with E-state index in [1.807, 2.05) is 0 Å². The van der Waals surface area contributed by atoms with E-state index in [-0.39, 0.29) is 0 Å². The highest BCUT2D eigenvalue weighted by Gasteiger charge is 2.47.